The second kappa shape index (κ2) is 8.25. The number of nitrogens with zero attached hydrogens (tertiary/aromatic N) is 1. The molecule has 1 atom stereocenters. The molecule has 4 heteroatoms. The minimum Gasteiger partial charge on any atom is -0.504 e. The lowest BCUT2D eigenvalue weighted by atomic mass is 10.1. The Labute approximate surface area is 128 Å². The summed E-state index contributed by atoms with van der Waals surface area (Å²) in [6.07, 6.45) is 4.99. The van der Waals surface area contributed by atoms with Crippen molar-refractivity contribution in [2.75, 3.05) is 26.7 Å². The number of nitrogens with one attached hydrogen (secondary N) is 1. The molecule has 1 fully saturated rings. The highest BCUT2D eigenvalue weighted by molar-refractivity contribution is 5.41. The predicted molar refractivity (Wildman–Crippen MR) is 85.9 cm³/mol. The molecule has 0 amide bonds. The van der Waals surface area contributed by atoms with Gasteiger partial charge in [0.05, 0.1) is 7.11 Å². The largest absolute Gasteiger partial charge is 0.504 e. The van der Waals surface area contributed by atoms with Gasteiger partial charge in [-0.15, -0.1) is 0 Å². The van der Waals surface area contributed by atoms with Crippen LogP contribution in [-0.4, -0.2) is 42.8 Å². The van der Waals surface area contributed by atoms with Gasteiger partial charge in [-0.25, -0.2) is 0 Å². The molecule has 1 heterocycles. The topological polar surface area (TPSA) is 44.7 Å². The van der Waals surface area contributed by atoms with Gasteiger partial charge in [0.25, 0.3) is 0 Å². The molecular weight excluding hydrogens is 264 g/mol. The van der Waals surface area contributed by atoms with Crippen LogP contribution in [0.1, 0.15) is 38.2 Å². The van der Waals surface area contributed by atoms with E-state index in [1.807, 2.05) is 18.2 Å². The molecular formula is C17H28N2O2. The number of ether oxygens (including phenoxy) is 1. The van der Waals surface area contributed by atoms with Gasteiger partial charge in [0.1, 0.15) is 0 Å². The van der Waals surface area contributed by atoms with Crippen molar-refractivity contribution in [1.82, 2.24) is 10.2 Å². The zero-order valence-electron chi connectivity index (χ0n) is 13.3. The van der Waals surface area contributed by atoms with E-state index in [1.54, 1.807) is 7.11 Å². The SMILES string of the molecule is CCCCN(Cc1ccc(OC)c(O)c1)CC1CCCN1. The van der Waals surface area contributed by atoms with Crippen LogP contribution in [-0.2, 0) is 6.54 Å². The van der Waals surface area contributed by atoms with E-state index < -0.39 is 0 Å². The van der Waals surface area contributed by atoms with E-state index in [4.69, 9.17) is 4.74 Å². The van der Waals surface area contributed by atoms with Crippen molar-refractivity contribution in [2.45, 2.75) is 45.2 Å². The average molecular weight is 292 g/mol. The Morgan fingerprint density at radius 3 is 2.90 bits per heavy atom. The molecule has 118 valence electrons. The maximum Gasteiger partial charge on any atom is 0.160 e. The van der Waals surface area contributed by atoms with E-state index in [-0.39, 0.29) is 5.75 Å². The molecule has 1 aromatic rings. The Morgan fingerprint density at radius 1 is 1.43 bits per heavy atom. The van der Waals surface area contributed by atoms with Gasteiger partial charge in [-0.3, -0.25) is 4.90 Å². The number of phenols is 1. The highest BCUT2D eigenvalue weighted by Crippen LogP contribution is 2.27. The van der Waals surface area contributed by atoms with Gasteiger partial charge in [-0.1, -0.05) is 19.4 Å². The van der Waals surface area contributed by atoms with Crippen molar-refractivity contribution in [3.63, 3.8) is 0 Å². The van der Waals surface area contributed by atoms with Crippen LogP contribution in [0.2, 0.25) is 0 Å². The number of methoxy groups -OCH3 is 1. The fourth-order valence-electron chi connectivity index (χ4n) is 2.93. The van der Waals surface area contributed by atoms with E-state index in [1.165, 1.54) is 25.7 Å². The zero-order valence-corrected chi connectivity index (χ0v) is 13.3. The van der Waals surface area contributed by atoms with Gasteiger partial charge in [0, 0.05) is 19.1 Å². The average Bonchev–Trinajstić information content (AvgIpc) is 2.98. The third-order valence-corrected chi connectivity index (χ3v) is 4.12. The Balaban J connectivity index is 1.97. The highest BCUT2D eigenvalue weighted by Gasteiger charge is 2.18. The fourth-order valence-corrected chi connectivity index (χ4v) is 2.93. The lowest BCUT2D eigenvalue weighted by Crippen LogP contribution is -2.37. The monoisotopic (exact) mass is 292 g/mol. The Morgan fingerprint density at radius 2 is 2.29 bits per heavy atom. The second-order valence-corrected chi connectivity index (χ2v) is 5.89. The summed E-state index contributed by atoms with van der Waals surface area (Å²) in [5.74, 6) is 0.765. The smallest absolute Gasteiger partial charge is 0.160 e. The van der Waals surface area contributed by atoms with Crippen molar-refractivity contribution in [3.05, 3.63) is 23.8 Å². The van der Waals surface area contributed by atoms with Crippen molar-refractivity contribution < 1.29 is 9.84 Å². The molecule has 0 spiro atoms. The van der Waals surface area contributed by atoms with Crippen LogP contribution in [0.4, 0.5) is 0 Å². The molecule has 0 bridgehead atoms. The summed E-state index contributed by atoms with van der Waals surface area (Å²) in [5.41, 5.74) is 1.14. The second-order valence-electron chi connectivity index (χ2n) is 5.89. The maximum atomic E-state index is 9.91. The zero-order chi connectivity index (χ0) is 15.1. The number of hydrogen-bond donors (Lipinski definition) is 2. The lowest BCUT2D eigenvalue weighted by Gasteiger charge is -2.25. The summed E-state index contributed by atoms with van der Waals surface area (Å²) in [6, 6.07) is 6.32. The minimum absolute atomic E-state index is 0.226. The molecule has 1 unspecified atom stereocenters. The Kier molecular flexibility index (Phi) is 6.33. The van der Waals surface area contributed by atoms with Crippen molar-refractivity contribution >= 4 is 0 Å². The first kappa shape index (κ1) is 16.1. The fraction of sp³-hybridized carbons (Fsp3) is 0.647. The van der Waals surface area contributed by atoms with E-state index in [0.29, 0.717) is 11.8 Å². The summed E-state index contributed by atoms with van der Waals surface area (Å²) in [7, 11) is 1.58. The molecule has 4 nitrogen and oxygen atoms in total. The van der Waals surface area contributed by atoms with Gasteiger partial charge in [0.2, 0.25) is 0 Å². The number of benzene rings is 1. The molecule has 21 heavy (non-hydrogen) atoms. The first-order valence-corrected chi connectivity index (χ1v) is 8.04. The maximum absolute atomic E-state index is 9.91. The molecule has 0 aliphatic carbocycles. The molecule has 1 aliphatic heterocycles. The van der Waals surface area contributed by atoms with Gasteiger partial charge >= 0.3 is 0 Å². The number of hydrogen-bond acceptors (Lipinski definition) is 4. The summed E-state index contributed by atoms with van der Waals surface area (Å²) in [6.45, 7) is 6.46. The van der Waals surface area contributed by atoms with Crippen molar-refractivity contribution in [2.24, 2.45) is 0 Å². The summed E-state index contributed by atoms with van der Waals surface area (Å²) in [5, 5.41) is 13.5. The first-order valence-electron chi connectivity index (χ1n) is 8.04. The van der Waals surface area contributed by atoms with Crippen LogP contribution in [0.3, 0.4) is 0 Å². The Bertz CT molecular complexity index is 431. The summed E-state index contributed by atoms with van der Waals surface area (Å²) < 4.78 is 5.10. The standard InChI is InChI=1S/C17H28N2O2/c1-3-4-10-19(13-15-6-5-9-18-15)12-14-7-8-17(21-2)16(20)11-14/h7-8,11,15,18,20H,3-6,9-10,12-13H2,1-2H3. The van der Waals surface area contributed by atoms with Crippen LogP contribution >= 0.6 is 0 Å². The van der Waals surface area contributed by atoms with E-state index in [2.05, 4.69) is 17.1 Å². The third-order valence-electron chi connectivity index (χ3n) is 4.12. The Hall–Kier alpha value is -1.26. The van der Waals surface area contributed by atoms with Crippen molar-refractivity contribution in [3.8, 4) is 11.5 Å². The quantitative estimate of drug-likeness (QED) is 0.773. The van der Waals surface area contributed by atoms with Crippen LogP contribution in [0.25, 0.3) is 0 Å². The molecule has 1 saturated heterocycles. The van der Waals surface area contributed by atoms with Gasteiger partial charge in [0.15, 0.2) is 11.5 Å². The van der Waals surface area contributed by atoms with E-state index >= 15 is 0 Å². The number of rotatable bonds is 8. The lowest BCUT2D eigenvalue weighted by molar-refractivity contribution is 0.237. The number of aromatic hydroxyl groups is 1. The van der Waals surface area contributed by atoms with Crippen LogP contribution in [0.15, 0.2) is 18.2 Å². The van der Waals surface area contributed by atoms with Gasteiger partial charge in [-0.05, 0) is 50.0 Å². The first-order chi connectivity index (χ1) is 10.2. The molecule has 2 rings (SSSR count). The van der Waals surface area contributed by atoms with E-state index in [0.717, 1.165) is 31.7 Å². The molecule has 0 saturated carbocycles. The third kappa shape index (κ3) is 4.90. The molecule has 1 aliphatic rings. The number of phenolic OH excluding ortho intramolecular Hbond substituents is 1. The molecule has 0 aromatic heterocycles. The number of unbranched alkanes of at least 4 members (excludes halogenated alkanes) is 1. The minimum atomic E-state index is 0.226. The summed E-state index contributed by atoms with van der Waals surface area (Å²) in [4.78, 5) is 2.49. The van der Waals surface area contributed by atoms with Gasteiger partial charge in [-0.2, -0.15) is 0 Å². The van der Waals surface area contributed by atoms with Crippen molar-refractivity contribution in [1.29, 1.82) is 0 Å². The molecule has 2 N–H and O–H groups in total. The van der Waals surface area contributed by atoms with Crippen LogP contribution < -0.4 is 10.1 Å². The predicted octanol–water partition coefficient (Wildman–Crippen LogP) is 2.75. The normalized spacial score (nSPS) is 18.3. The molecule has 1 aromatic carbocycles. The highest BCUT2D eigenvalue weighted by atomic mass is 16.5. The van der Waals surface area contributed by atoms with Crippen LogP contribution in [0, 0.1) is 0 Å². The summed E-state index contributed by atoms with van der Waals surface area (Å²) >= 11 is 0. The van der Waals surface area contributed by atoms with Gasteiger partial charge < -0.3 is 15.2 Å². The van der Waals surface area contributed by atoms with Crippen LogP contribution in [0.5, 0.6) is 11.5 Å². The van der Waals surface area contributed by atoms with E-state index in [9.17, 15) is 5.11 Å². The molecule has 0 radical (unpaired) electrons.